The standard InChI is InChI=1S/C21H33N3O2/c1-16(2)19-8-5-18(6-9-19)7-10-21(26)24-13-11-23(12-14-24)15-20(25)22-17(3)4/h5-6,8-9,16-17H,7,10-15H2,1-4H3,(H,22,25). The first-order chi connectivity index (χ1) is 12.3. The lowest BCUT2D eigenvalue weighted by atomic mass is 10.00. The van der Waals surface area contributed by atoms with Gasteiger partial charge in [-0.25, -0.2) is 0 Å². The second-order valence-electron chi connectivity index (χ2n) is 7.78. The average molecular weight is 360 g/mol. The summed E-state index contributed by atoms with van der Waals surface area (Å²) in [4.78, 5) is 28.3. The molecule has 0 atom stereocenters. The van der Waals surface area contributed by atoms with Crippen molar-refractivity contribution in [3.63, 3.8) is 0 Å². The Hall–Kier alpha value is -1.88. The molecule has 0 aromatic heterocycles. The van der Waals surface area contributed by atoms with E-state index in [1.807, 2.05) is 18.7 Å². The molecule has 26 heavy (non-hydrogen) atoms. The van der Waals surface area contributed by atoms with Gasteiger partial charge < -0.3 is 10.2 Å². The van der Waals surface area contributed by atoms with Crippen LogP contribution in [0.4, 0.5) is 0 Å². The van der Waals surface area contributed by atoms with E-state index < -0.39 is 0 Å². The summed E-state index contributed by atoms with van der Waals surface area (Å²) >= 11 is 0. The highest BCUT2D eigenvalue weighted by molar-refractivity contribution is 5.78. The van der Waals surface area contributed by atoms with Crippen LogP contribution in [0.1, 0.15) is 51.2 Å². The van der Waals surface area contributed by atoms with E-state index in [1.54, 1.807) is 0 Å². The summed E-state index contributed by atoms with van der Waals surface area (Å²) in [5.41, 5.74) is 2.55. The largest absolute Gasteiger partial charge is 0.353 e. The van der Waals surface area contributed by atoms with Crippen LogP contribution in [0.15, 0.2) is 24.3 Å². The summed E-state index contributed by atoms with van der Waals surface area (Å²) in [5, 5.41) is 2.91. The van der Waals surface area contributed by atoms with Crippen LogP contribution >= 0.6 is 0 Å². The zero-order valence-electron chi connectivity index (χ0n) is 16.6. The Bertz CT molecular complexity index is 588. The third-order valence-corrected chi connectivity index (χ3v) is 4.82. The molecule has 0 spiro atoms. The van der Waals surface area contributed by atoms with Crippen LogP contribution in [-0.2, 0) is 16.0 Å². The zero-order valence-corrected chi connectivity index (χ0v) is 16.6. The molecule has 1 heterocycles. The second-order valence-corrected chi connectivity index (χ2v) is 7.78. The molecule has 1 aliphatic rings. The molecule has 1 fully saturated rings. The van der Waals surface area contributed by atoms with Crippen LogP contribution < -0.4 is 5.32 Å². The third-order valence-electron chi connectivity index (χ3n) is 4.82. The normalized spacial score (nSPS) is 15.5. The first-order valence-corrected chi connectivity index (χ1v) is 9.73. The minimum absolute atomic E-state index is 0.0598. The molecular formula is C21H33N3O2. The quantitative estimate of drug-likeness (QED) is 0.813. The van der Waals surface area contributed by atoms with E-state index >= 15 is 0 Å². The van der Waals surface area contributed by atoms with Crippen molar-refractivity contribution in [2.24, 2.45) is 0 Å². The molecule has 5 nitrogen and oxygen atoms in total. The summed E-state index contributed by atoms with van der Waals surface area (Å²) in [7, 11) is 0. The van der Waals surface area contributed by atoms with Crippen molar-refractivity contribution in [2.75, 3.05) is 32.7 Å². The molecule has 0 aliphatic carbocycles. The monoisotopic (exact) mass is 359 g/mol. The minimum atomic E-state index is 0.0598. The number of aryl methyl sites for hydroxylation is 1. The molecule has 144 valence electrons. The van der Waals surface area contributed by atoms with Gasteiger partial charge in [0.05, 0.1) is 6.54 Å². The first-order valence-electron chi connectivity index (χ1n) is 9.73. The number of hydrogen-bond acceptors (Lipinski definition) is 3. The number of hydrogen-bond donors (Lipinski definition) is 1. The van der Waals surface area contributed by atoms with Crippen molar-refractivity contribution in [3.8, 4) is 0 Å². The van der Waals surface area contributed by atoms with Crippen molar-refractivity contribution in [3.05, 3.63) is 35.4 Å². The molecule has 0 unspecified atom stereocenters. The Balaban J connectivity index is 1.72. The number of benzene rings is 1. The molecule has 5 heteroatoms. The fraction of sp³-hybridized carbons (Fsp3) is 0.619. The summed E-state index contributed by atoms with van der Waals surface area (Å²) in [5.74, 6) is 0.804. The van der Waals surface area contributed by atoms with E-state index in [2.05, 4.69) is 48.3 Å². The SMILES string of the molecule is CC(C)NC(=O)CN1CCN(C(=O)CCc2ccc(C(C)C)cc2)CC1. The Labute approximate surface area is 157 Å². The highest BCUT2D eigenvalue weighted by atomic mass is 16.2. The summed E-state index contributed by atoms with van der Waals surface area (Å²) in [6.45, 7) is 11.7. The van der Waals surface area contributed by atoms with Crippen molar-refractivity contribution in [1.82, 2.24) is 15.1 Å². The Kier molecular flexibility index (Phi) is 7.64. The van der Waals surface area contributed by atoms with Crippen LogP contribution in [0, 0.1) is 0 Å². The summed E-state index contributed by atoms with van der Waals surface area (Å²) in [6.07, 6.45) is 1.34. The molecule has 1 aromatic carbocycles. The smallest absolute Gasteiger partial charge is 0.234 e. The number of nitrogens with zero attached hydrogens (tertiary/aromatic N) is 2. The summed E-state index contributed by atoms with van der Waals surface area (Å²) in [6, 6.07) is 8.75. The van der Waals surface area contributed by atoms with E-state index in [0.717, 1.165) is 19.5 Å². The fourth-order valence-corrected chi connectivity index (χ4v) is 3.20. The van der Waals surface area contributed by atoms with Gasteiger partial charge in [-0.3, -0.25) is 14.5 Å². The molecule has 0 radical (unpaired) electrons. The molecule has 1 N–H and O–H groups in total. The molecule has 1 saturated heterocycles. The number of carbonyl (C=O) groups excluding carboxylic acids is 2. The Morgan fingerprint density at radius 2 is 1.62 bits per heavy atom. The zero-order chi connectivity index (χ0) is 19.1. The van der Waals surface area contributed by atoms with Crippen LogP contribution in [0.25, 0.3) is 0 Å². The number of carbonyl (C=O) groups is 2. The molecule has 0 bridgehead atoms. The van der Waals surface area contributed by atoms with Crippen LogP contribution in [-0.4, -0.2) is 60.4 Å². The number of amides is 2. The molecule has 2 rings (SSSR count). The van der Waals surface area contributed by atoms with Gasteiger partial charge in [-0.15, -0.1) is 0 Å². The maximum Gasteiger partial charge on any atom is 0.234 e. The lowest BCUT2D eigenvalue weighted by Gasteiger charge is -2.34. The topological polar surface area (TPSA) is 52.7 Å². The highest BCUT2D eigenvalue weighted by Crippen LogP contribution is 2.16. The van der Waals surface area contributed by atoms with E-state index in [1.165, 1.54) is 11.1 Å². The molecule has 0 saturated carbocycles. The van der Waals surface area contributed by atoms with E-state index in [9.17, 15) is 9.59 Å². The first kappa shape index (κ1) is 20.4. The third kappa shape index (κ3) is 6.45. The molecule has 2 amide bonds. The average Bonchev–Trinajstić information content (AvgIpc) is 2.60. The van der Waals surface area contributed by atoms with Gasteiger partial charge >= 0.3 is 0 Å². The number of rotatable bonds is 7. The van der Waals surface area contributed by atoms with Gasteiger partial charge in [-0.2, -0.15) is 0 Å². The van der Waals surface area contributed by atoms with Gasteiger partial charge in [0.25, 0.3) is 0 Å². The number of nitrogens with one attached hydrogen (secondary N) is 1. The van der Waals surface area contributed by atoms with E-state index in [0.29, 0.717) is 32.0 Å². The predicted molar refractivity (Wildman–Crippen MR) is 105 cm³/mol. The maximum atomic E-state index is 12.4. The lowest BCUT2D eigenvalue weighted by Crippen LogP contribution is -2.51. The van der Waals surface area contributed by atoms with Crippen molar-refractivity contribution >= 4 is 11.8 Å². The van der Waals surface area contributed by atoms with Gasteiger partial charge in [0.15, 0.2) is 0 Å². The second kappa shape index (κ2) is 9.72. The van der Waals surface area contributed by atoms with Crippen molar-refractivity contribution in [1.29, 1.82) is 0 Å². The minimum Gasteiger partial charge on any atom is -0.353 e. The van der Waals surface area contributed by atoms with Crippen LogP contribution in [0.5, 0.6) is 0 Å². The Morgan fingerprint density at radius 1 is 1.00 bits per heavy atom. The van der Waals surface area contributed by atoms with Crippen molar-refractivity contribution in [2.45, 2.75) is 52.5 Å². The predicted octanol–water partition coefficient (Wildman–Crippen LogP) is 2.41. The van der Waals surface area contributed by atoms with Crippen LogP contribution in [0.3, 0.4) is 0 Å². The molecule has 1 aromatic rings. The summed E-state index contributed by atoms with van der Waals surface area (Å²) < 4.78 is 0. The van der Waals surface area contributed by atoms with E-state index in [4.69, 9.17) is 0 Å². The highest BCUT2D eigenvalue weighted by Gasteiger charge is 2.22. The maximum absolute atomic E-state index is 12.4. The van der Waals surface area contributed by atoms with Crippen LogP contribution in [0.2, 0.25) is 0 Å². The van der Waals surface area contributed by atoms with Gasteiger partial charge in [-0.05, 0) is 37.3 Å². The van der Waals surface area contributed by atoms with Gasteiger partial charge in [0.1, 0.15) is 0 Å². The molecular weight excluding hydrogens is 326 g/mol. The van der Waals surface area contributed by atoms with Gasteiger partial charge in [-0.1, -0.05) is 38.1 Å². The Morgan fingerprint density at radius 3 is 2.15 bits per heavy atom. The van der Waals surface area contributed by atoms with Crippen molar-refractivity contribution < 1.29 is 9.59 Å². The molecule has 1 aliphatic heterocycles. The fourth-order valence-electron chi connectivity index (χ4n) is 3.20. The van der Waals surface area contributed by atoms with Gasteiger partial charge in [0, 0.05) is 38.6 Å². The van der Waals surface area contributed by atoms with E-state index in [-0.39, 0.29) is 17.9 Å². The van der Waals surface area contributed by atoms with Gasteiger partial charge in [0.2, 0.25) is 11.8 Å². The number of piperazine rings is 1. The lowest BCUT2D eigenvalue weighted by molar-refractivity contribution is -0.133.